The Kier molecular flexibility index (Phi) is 4.20. The van der Waals surface area contributed by atoms with Gasteiger partial charge in [-0.25, -0.2) is 4.98 Å². The van der Waals surface area contributed by atoms with Gasteiger partial charge in [-0.1, -0.05) is 43.3 Å². The van der Waals surface area contributed by atoms with Crippen molar-refractivity contribution in [2.24, 2.45) is 5.92 Å². The van der Waals surface area contributed by atoms with Crippen LogP contribution in [0.1, 0.15) is 18.2 Å². The number of benzene rings is 1. The molecule has 2 heterocycles. The van der Waals surface area contributed by atoms with Crippen LogP contribution in [0.2, 0.25) is 0 Å². The van der Waals surface area contributed by atoms with E-state index in [1.54, 1.807) is 0 Å². The predicted octanol–water partition coefficient (Wildman–Crippen LogP) is 3.32. The molecule has 110 valence electrons. The fourth-order valence-electron chi connectivity index (χ4n) is 3.04. The van der Waals surface area contributed by atoms with Crippen LogP contribution < -0.4 is 5.32 Å². The van der Waals surface area contributed by atoms with Crippen molar-refractivity contribution < 1.29 is 0 Å². The summed E-state index contributed by atoms with van der Waals surface area (Å²) in [5.74, 6) is 1.63. The van der Waals surface area contributed by atoms with Crippen LogP contribution in [0.3, 0.4) is 0 Å². The lowest BCUT2D eigenvalue weighted by Crippen LogP contribution is -2.28. The van der Waals surface area contributed by atoms with Gasteiger partial charge in [0.25, 0.3) is 0 Å². The second kappa shape index (κ2) is 6.27. The summed E-state index contributed by atoms with van der Waals surface area (Å²) >= 11 is 0. The molecule has 0 aliphatic carbocycles. The summed E-state index contributed by atoms with van der Waals surface area (Å²) in [6.45, 7) is 7.60. The first kappa shape index (κ1) is 14.1. The van der Waals surface area contributed by atoms with Crippen LogP contribution in [0.4, 0.5) is 5.82 Å². The molecule has 0 saturated carbocycles. The Bertz CT molecular complexity index is 582. The first-order chi connectivity index (χ1) is 10.2. The van der Waals surface area contributed by atoms with Gasteiger partial charge in [-0.15, -0.1) is 0 Å². The largest absolute Gasteiger partial charge is 0.366 e. The molecule has 1 fully saturated rings. The van der Waals surface area contributed by atoms with E-state index >= 15 is 0 Å². The normalized spacial score (nSPS) is 22.4. The van der Waals surface area contributed by atoms with E-state index in [0.717, 1.165) is 31.1 Å². The number of likely N-dealkylation sites (tertiary alicyclic amines) is 1. The number of hydrogen-bond acceptors (Lipinski definition) is 3. The van der Waals surface area contributed by atoms with Crippen molar-refractivity contribution in [2.75, 3.05) is 18.4 Å². The van der Waals surface area contributed by atoms with Crippen molar-refractivity contribution in [3.8, 4) is 0 Å². The maximum Gasteiger partial charge on any atom is 0.126 e. The lowest BCUT2D eigenvalue weighted by atomic mass is 10.1. The zero-order valence-corrected chi connectivity index (χ0v) is 12.8. The van der Waals surface area contributed by atoms with Crippen molar-refractivity contribution >= 4 is 5.82 Å². The molecule has 3 rings (SSSR count). The van der Waals surface area contributed by atoms with Crippen molar-refractivity contribution in [1.29, 1.82) is 0 Å². The van der Waals surface area contributed by atoms with Crippen LogP contribution in [0.5, 0.6) is 0 Å². The zero-order chi connectivity index (χ0) is 14.7. The Hall–Kier alpha value is -1.87. The van der Waals surface area contributed by atoms with Crippen molar-refractivity contribution in [1.82, 2.24) is 9.88 Å². The molecular formula is C18H23N3. The third kappa shape index (κ3) is 3.61. The molecule has 1 aliphatic rings. The van der Waals surface area contributed by atoms with E-state index in [1.807, 2.05) is 13.0 Å². The molecule has 0 radical (unpaired) electrons. The summed E-state index contributed by atoms with van der Waals surface area (Å²) in [7, 11) is 0. The van der Waals surface area contributed by atoms with Gasteiger partial charge in [-0.3, -0.25) is 4.90 Å². The van der Waals surface area contributed by atoms with Crippen molar-refractivity contribution in [3.05, 3.63) is 59.8 Å². The zero-order valence-electron chi connectivity index (χ0n) is 12.8. The lowest BCUT2D eigenvalue weighted by Gasteiger charge is -2.18. The lowest BCUT2D eigenvalue weighted by molar-refractivity contribution is 0.319. The molecule has 2 unspecified atom stereocenters. The van der Waals surface area contributed by atoms with Crippen LogP contribution in [0.25, 0.3) is 0 Å². The molecule has 1 N–H and O–H groups in total. The minimum atomic E-state index is 0.475. The van der Waals surface area contributed by atoms with E-state index in [9.17, 15) is 0 Å². The Morgan fingerprint density at radius 1 is 1.10 bits per heavy atom. The maximum atomic E-state index is 4.55. The van der Waals surface area contributed by atoms with E-state index in [-0.39, 0.29) is 0 Å². The van der Waals surface area contributed by atoms with Gasteiger partial charge in [-0.2, -0.15) is 0 Å². The van der Waals surface area contributed by atoms with E-state index in [2.05, 4.69) is 64.6 Å². The molecule has 0 spiro atoms. The van der Waals surface area contributed by atoms with Crippen LogP contribution in [0.15, 0.2) is 48.5 Å². The van der Waals surface area contributed by atoms with Crippen LogP contribution in [0, 0.1) is 12.8 Å². The number of rotatable bonds is 4. The summed E-state index contributed by atoms with van der Waals surface area (Å²) in [6, 6.07) is 17.3. The smallest absolute Gasteiger partial charge is 0.126 e. The van der Waals surface area contributed by atoms with E-state index in [0.29, 0.717) is 12.0 Å². The summed E-state index contributed by atoms with van der Waals surface area (Å²) in [5, 5.41) is 3.59. The molecule has 3 heteroatoms. The van der Waals surface area contributed by atoms with Gasteiger partial charge in [0.1, 0.15) is 5.82 Å². The molecule has 0 bridgehead atoms. The van der Waals surface area contributed by atoms with Gasteiger partial charge >= 0.3 is 0 Å². The third-order valence-corrected chi connectivity index (χ3v) is 4.16. The number of aromatic nitrogens is 1. The molecule has 21 heavy (non-hydrogen) atoms. The van der Waals surface area contributed by atoms with E-state index in [4.69, 9.17) is 0 Å². The van der Waals surface area contributed by atoms with Crippen LogP contribution in [-0.2, 0) is 6.54 Å². The Morgan fingerprint density at radius 2 is 1.90 bits per heavy atom. The minimum Gasteiger partial charge on any atom is -0.366 e. The summed E-state index contributed by atoms with van der Waals surface area (Å²) in [6.07, 6.45) is 0. The number of hydrogen-bond donors (Lipinski definition) is 1. The Labute approximate surface area is 127 Å². The summed E-state index contributed by atoms with van der Waals surface area (Å²) in [5.41, 5.74) is 2.45. The second-order valence-corrected chi connectivity index (χ2v) is 6.07. The number of nitrogens with zero attached hydrogens (tertiary/aromatic N) is 2. The minimum absolute atomic E-state index is 0.475. The van der Waals surface area contributed by atoms with Crippen LogP contribution >= 0.6 is 0 Å². The quantitative estimate of drug-likeness (QED) is 0.932. The number of anilines is 1. The van der Waals surface area contributed by atoms with E-state index < -0.39 is 0 Å². The van der Waals surface area contributed by atoms with Gasteiger partial charge < -0.3 is 5.32 Å². The molecule has 1 aromatic carbocycles. The Morgan fingerprint density at radius 3 is 2.67 bits per heavy atom. The highest BCUT2D eigenvalue weighted by molar-refractivity contribution is 5.37. The van der Waals surface area contributed by atoms with Gasteiger partial charge in [0, 0.05) is 31.4 Å². The molecule has 1 aliphatic heterocycles. The molecule has 0 amide bonds. The maximum absolute atomic E-state index is 4.55. The molecular weight excluding hydrogens is 258 g/mol. The van der Waals surface area contributed by atoms with Gasteiger partial charge in [-0.05, 0) is 30.5 Å². The van der Waals surface area contributed by atoms with Crippen molar-refractivity contribution in [2.45, 2.75) is 26.4 Å². The highest BCUT2D eigenvalue weighted by atomic mass is 15.2. The molecule has 3 nitrogen and oxygen atoms in total. The predicted molar refractivity (Wildman–Crippen MR) is 87.3 cm³/mol. The average Bonchev–Trinajstić information content (AvgIpc) is 2.80. The standard InChI is InChI=1S/C18H23N3/c1-14-11-21(12-16-8-4-3-5-9-16)13-17(14)20-18-10-6-7-15(2)19-18/h3-10,14,17H,11-13H2,1-2H3,(H,19,20). The second-order valence-electron chi connectivity index (χ2n) is 6.07. The number of nitrogens with one attached hydrogen (secondary N) is 1. The fraction of sp³-hybridized carbons (Fsp3) is 0.389. The molecule has 2 atom stereocenters. The highest BCUT2D eigenvalue weighted by Gasteiger charge is 2.29. The number of pyridine rings is 1. The molecule has 1 aromatic heterocycles. The van der Waals surface area contributed by atoms with Crippen LogP contribution in [-0.4, -0.2) is 29.0 Å². The highest BCUT2D eigenvalue weighted by Crippen LogP contribution is 2.22. The number of aryl methyl sites for hydroxylation is 1. The summed E-state index contributed by atoms with van der Waals surface area (Å²) < 4.78 is 0. The topological polar surface area (TPSA) is 28.2 Å². The first-order valence-corrected chi connectivity index (χ1v) is 7.67. The van der Waals surface area contributed by atoms with Gasteiger partial charge in [0.2, 0.25) is 0 Å². The molecule has 2 aromatic rings. The molecule has 1 saturated heterocycles. The van der Waals surface area contributed by atoms with E-state index in [1.165, 1.54) is 5.56 Å². The first-order valence-electron chi connectivity index (χ1n) is 7.67. The third-order valence-electron chi connectivity index (χ3n) is 4.16. The summed E-state index contributed by atoms with van der Waals surface area (Å²) in [4.78, 5) is 7.07. The SMILES string of the molecule is Cc1cccc(NC2CN(Cc3ccccc3)CC2C)n1. The Balaban J connectivity index is 1.61. The average molecular weight is 281 g/mol. The van der Waals surface area contributed by atoms with Gasteiger partial charge in [0.15, 0.2) is 0 Å². The fourth-order valence-corrected chi connectivity index (χ4v) is 3.04. The monoisotopic (exact) mass is 281 g/mol. The van der Waals surface area contributed by atoms with Gasteiger partial charge in [0.05, 0.1) is 0 Å². The van der Waals surface area contributed by atoms with Crippen molar-refractivity contribution in [3.63, 3.8) is 0 Å².